The van der Waals surface area contributed by atoms with Crippen molar-refractivity contribution in [1.29, 1.82) is 0 Å². The zero-order valence-corrected chi connectivity index (χ0v) is 14.9. The Balaban J connectivity index is 2.41. The van der Waals surface area contributed by atoms with Crippen LogP contribution in [0.5, 0.6) is 0 Å². The minimum atomic E-state index is -0.861. The average Bonchev–Trinajstić information content (AvgIpc) is 2.79. The zero-order chi connectivity index (χ0) is 15.8. The fourth-order valence-corrected chi connectivity index (χ4v) is 3.57. The minimum Gasteiger partial charge on any atom is -0.481 e. The smallest absolute Gasteiger partial charge is 0.305 e. The van der Waals surface area contributed by atoms with Crippen molar-refractivity contribution in [3.63, 3.8) is 0 Å². The van der Waals surface area contributed by atoms with Crippen LogP contribution in [0.4, 0.5) is 0 Å². The lowest BCUT2D eigenvalue weighted by Gasteiger charge is -2.24. The van der Waals surface area contributed by atoms with Gasteiger partial charge in [-0.05, 0) is 46.8 Å². The molecule has 0 aliphatic carbocycles. The first kappa shape index (κ1) is 18.2. The lowest BCUT2D eigenvalue weighted by Crippen LogP contribution is -2.35. The third-order valence-electron chi connectivity index (χ3n) is 2.98. The van der Waals surface area contributed by atoms with Gasteiger partial charge in [0.1, 0.15) is 0 Å². The van der Waals surface area contributed by atoms with E-state index in [2.05, 4.69) is 22.0 Å². The molecule has 0 fully saturated rings. The molecule has 1 aromatic heterocycles. The maximum Gasteiger partial charge on any atom is 0.305 e. The zero-order valence-electron chi connectivity index (χ0n) is 12.5. The van der Waals surface area contributed by atoms with Crippen molar-refractivity contribution in [2.45, 2.75) is 39.5 Å². The number of thiophene rings is 1. The Labute approximate surface area is 138 Å². The molecule has 1 aromatic rings. The van der Waals surface area contributed by atoms with Crippen LogP contribution in [-0.2, 0) is 16.0 Å². The predicted octanol–water partition coefficient (Wildman–Crippen LogP) is 3.79. The molecule has 1 amide bonds. The lowest BCUT2D eigenvalue weighted by atomic mass is 10.1. The van der Waals surface area contributed by atoms with E-state index in [4.69, 9.17) is 5.11 Å². The summed E-state index contributed by atoms with van der Waals surface area (Å²) in [6.07, 6.45) is 2.17. The molecule has 0 atom stereocenters. The Morgan fingerprint density at radius 3 is 2.57 bits per heavy atom. The second-order valence-corrected chi connectivity index (χ2v) is 7.98. The van der Waals surface area contributed by atoms with E-state index in [0.29, 0.717) is 25.4 Å². The summed E-state index contributed by atoms with van der Waals surface area (Å²) in [5.74, 6) is -0.462. The van der Waals surface area contributed by atoms with Crippen molar-refractivity contribution in [2.75, 3.05) is 13.1 Å². The lowest BCUT2D eigenvalue weighted by molar-refractivity contribution is -0.138. The maximum atomic E-state index is 12.2. The first-order valence-electron chi connectivity index (χ1n) is 7.12. The number of amides is 1. The second kappa shape index (κ2) is 9.20. The van der Waals surface area contributed by atoms with E-state index in [9.17, 15) is 9.59 Å². The number of carboxylic acid groups (broad SMARTS) is 1. The van der Waals surface area contributed by atoms with Crippen LogP contribution in [0.2, 0.25) is 0 Å². The average molecular weight is 376 g/mol. The number of carbonyl (C=O) groups is 2. The van der Waals surface area contributed by atoms with Crippen molar-refractivity contribution < 1.29 is 14.7 Å². The van der Waals surface area contributed by atoms with Gasteiger partial charge in [-0.15, -0.1) is 11.3 Å². The van der Waals surface area contributed by atoms with E-state index in [1.165, 1.54) is 4.88 Å². The molecule has 1 heterocycles. The standard InChI is InChI=1S/C15H22BrNO3S/c1-11(2)10-17(9-8-15(19)20)14(18)5-3-4-12-6-7-13(16)21-12/h6-7,11H,3-5,8-10H2,1-2H3,(H,19,20). The molecule has 0 saturated heterocycles. The van der Waals surface area contributed by atoms with Gasteiger partial charge in [0, 0.05) is 24.4 Å². The number of carbonyl (C=O) groups excluding carboxylic acids is 1. The number of carboxylic acids is 1. The molecule has 0 radical (unpaired) electrons. The monoisotopic (exact) mass is 375 g/mol. The molecule has 118 valence electrons. The highest BCUT2D eigenvalue weighted by Crippen LogP contribution is 2.23. The molecular formula is C15H22BrNO3S. The summed E-state index contributed by atoms with van der Waals surface area (Å²) in [7, 11) is 0. The molecule has 0 aliphatic rings. The van der Waals surface area contributed by atoms with Gasteiger partial charge in [0.15, 0.2) is 0 Å². The highest BCUT2D eigenvalue weighted by atomic mass is 79.9. The second-order valence-electron chi connectivity index (χ2n) is 5.44. The van der Waals surface area contributed by atoms with Crippen LogP contribution in [0.3, 0.4) is 0 Å². The third kappa shape index (κ3) is 7.62. The summed E-state index contributed by atoms with van der Waals surface area (Å²) in [6.45, 7) is 4.99. The predicted molar refractivity (Wildman–Crippen MR) is 88.6 cm³/mol. The Bertz CT molecular complexity index is 473. The first-order valence-corrected chi connectivity index (χ1v) is 8.73. The van der Waals surface area contributed by atoms with Crippen molar-refractivity contribution >= 4 is 39.1 Å². The van der Waals surface area contributed by atoms with Gasteiger partial charge in [0.25, 0.3) is 0 Å². The van der Waals surface area contributed by atoms with E-state index >= 15 is 0 Å². The van der Waals surface area contributed by atoms with Gasteiger partial charge >= 0.3 is 5.97 Å². The van der Waals surface area contributed by atoms with Crippen molar-refractivity contribution in [1.82, 2.24) is 4.90 Å². The Morgan fingerprint density at radius 2 is 2.05 bits per heavy atom. The molecule has 1 rings (SSSR count). The van der Waals surface area contributed by atoms with E-state index in [0.717, 1.165) is 16.6 Å². The van der Waals surface area contributed by atoms with Crippen LogP contribution >= 0.6 is 27.3 Å². The minimum absolute atomic E-state index is 0.0102. The van der Waals surface area contributed by atoms with Gasteiger partial charge in [-0.1, -0.05) is 13.8 Å². The number of nitrogens with zero attached hydrogens (tertiary/aromatic N) is 1. The first-order chi connectivity index (χ1) is 9.88. The van der Waals surface area contributed by atoms with Gasteiger partial charge < -0.3 is 10.0 Å². The summed E-state index contributed by atoms with van der Waals surface area (Å²) in [5, 5.41) is 8.76. The topological polar surface area (TPSA) is 57.6 Å². The molecule has 0 unspecified atom stereocenters. The van der Waals surface area contributed by atoms with E-state index < -0.39 is 5.97 Å². The number of halogens is 1. The molecular weight excluding hydrogens is 354 g/mol. The Morgan fingerprint density at radius 1 is 1.33 bits per heavy atom. The molecule has 0 saturated carbocycles. The molecule has 0 aliphatic heterocycles. The van der Waals surface area contributed by atoms with Gasteiger partial charge in [0.2, 0.25) is 5.91 Å². The number of aliphatic carboxylic acids is 1. The molecule has 0 aromatic carbocycles. The molecule has 6 heteroatoms. The number of hydrogen-bond acceptors (Lipinski definition) is 3. The fourth-order valence-electron chi connectivity index (χ4n) is 2.05. The Kier molecular flexibility index (Phi) is 7.96. The maximum absolute atomic E-state index is 12.2. The number of rotatable bonds is 9. The van der Waals surface area contributed by atoms with Gasteiger partial charge in [-0.2, -0.15) is 0 Å². The van der Waals surface area contributed by atoms with Crippen LogP contribution in [-0.4, -0.2) is 35.0 Å². The van der Waals surface area contributed by atoms with E-state index in [1.54, 1.807) is 16.2 Å². The molecule has 0 bridgehead atoms. The van der Waals surface area contributed by atoms with Crippen LogP contribution in [0.1, 0.15) is 38.0 Å². The summed E-state index contributed by atoms with van der Waals surface area (Å²) < 4.78 is 1.10. The molecule has 0 spiro atoms. The quantitative estimate of drug-likeness (QED) is 0.713. The fraction of sp³-hybridized carbons (Fsp3) is 0.600. The highest BCUT2D eigenvalue weighted by molar-refractivity contribution is 9.11. The highest BCUT2D eigenvalue weighted by Gasteiger charge is 2.15. The summed E-state index contributed by atoms with van der Waals surface area (Å²) >= 11 is 5.11. The number of hydrogen-bond donors (Lipinski definition) is 1. The normalized spacial score (nSPS) is 10.9. The summed E-state index contributed by atoms with van der Waals surface area (Å²) in [5.41, 5.74) is 0. The van der Waals surface area contributed by atoms with Crippen molar-refractivity contribution in [3.8, 4) is 0 Å². The van der Waals surface area contributed by atoms with Crippen LogP contribution in [0.15, 0.2) is 15.9 Å². The van der Waals surface area contributed by atoms with Gasteiger partial charge in [0.05, 0.1) is 10.2 Å². The van der Waals surface area contributed by atoms with E-state index in [1.807, 2.05) is 19.9 Å². The van der Waals surface area contributed by atoms with Gasteiger partial charge in [-0.25, -0.2) is 0 Å². The van der Waals surface area contributed by atoms with Crippen molar-refractivity contribution in [2.24, 2.45) is 5.92 Å². The largest absolute Gasteiger partial charge is 0.481 e. The van der Waals surface area contributed by atoms with Gasteiger partial charge in [-0.3, -0.25) is 9.59 Å². The Hall–Kier alpha value is -0.880. The van der Waals surface area contributed by atoms with Crippen LogP contribution in [0, 0.1) is 5.92 Å². The van der Waals surface area contributed by atoms with E-state index in [-0.39, 0.29) is 12.3 Å². The van der Waals surface area contributed by atoms with Crippen molar-refractivity contribution in [3.05, 3.63) is 20.8 Å². The number of aryl methyl sites for hydroxylation is 1. The molecule has 4 nitrogen and oxygen atoms in total. The summed E-state index contributed by atoms with van der Waals surface area (Å²) in [6, 6.07) is 4.08. The SMILES string of the molecule is CC(C)CN(CCC(=O)O)C(=O)CCCc1ccc(Br)s1. The van der Waals surface area contributed by atoms with Crippen LogP contribution < -0.4 is 0 Å². The third-order valence-corrected chi connectivity index (χ3v) is 4.66. The molecule has 1 N–H and O–H groups in total. The molecule has 21 heavy (non-hydrogen) atoms. The van der Waals surface area contributed by atoms with Crippen LogP contribution in [0.25, 0.3) is 0 Å². The summed E-state index contributed by atoms with van der Waals surface area (Å²) in [4.78, 5) is 25.8.